The molecule has 0 saturated carbocycles. The lowest BCUT2D eigenvalue weighted by molar-refractivity contribution is 0.453. The van der Waals surface area contributed by atoms with Crippen LogP contribution in [0.15, 0.2) is 41.0 Å². The van der Waals surface area contributed by atoms with Gasteiger partial charge >= 0.3 is 0 Å². The summed E-state index contributed by atoms with van der Waals surface area (Å²) in [6, 6.07) is 8.65. The highest BCUT2D eigenvalue weighted by Crippen LogP contribution is 2.20. The van der Waals surface area contributed by atoms with E-state index in [0.717, 1.165) is 11.3 Å². The van der Waals surface area contributed by atoms with Crippen LogP contribution in [0.2, 0.25) is 0 Å². The average molecular weight is 234 g/mol. The summed E-state index contributed by atoms with van der Waals surface area (Å²) >= 11 is 0. The third-order valence-corrected chi connectivity index (χ3v) is 2.78. The molecule has 1 heterocycles. The Bertz CT molecular complexity index is 482. The number of hydrogen-bond donors (Lipinski definition) is 2. The van der Waals surface area contributed by atoms with Gasteiger partial charge < -0.3 is 4.42 Å². The summed E-state index contributed by atoms with van der Waals surface area (Å²) in [5.74, 6) is 6.09. The van der Waals surface area contributed by atoms with E-state index < -0.39 is 0 Å². The number of aryl methyl sites for hydroxylation is 1. The van der Waals surface area contributed by atoms with Gasteiger partial charge in [0.15, 0.2) is 0 Å². The highest BCUT2D eigenvalue weighted by Gasteiger charge is 2.13. The molecule has 0 saturated heterocycles. The van der Waals surface area contributed by atoms with E-state index in [1.165, 1.54) is 6.07 Å². The SMILES string of the molecule is Cc1ccc(C(Cc2ccco2)NN)cc1F. The predicted octanol–water partition coefficient (Wildman–Crippen LogP) is 2.47. The highest BCUT2D eigenvalue weighted by molar-refractivity contribution is 5.26. The van der Waals surface area contributed by atoms with Crippen LogP contribution in [0.25, 0.3) is 0 Å². The topological polar surface area (TPSA) is 51.2 Å². The van der Waals surface area contributed by atoms with Gasteiger partial charge in [0.2, 0.25) is 0 Å². The minimum absolute atomic E-state index is 0.156. The Morgan fingerprint density at radius 2 is 2.24 bits per heavy atom. The smallest absolute Gasteiger partial charge is 0.126 e. The quantitative estimate of drug-likeness (QED) is 0.631. The van der Waals surface area contributed by atoms with Crippen LogP contribution >= 0.6 is 0 Å². The van der Waals surface area contributed by atoms with Crippen molar-refractivity contribution in [1.82, 2.24) is 5.43 Å². The van der Waals surface area contributed by atoms with E-state index >= 15 is 0 Å². The number of rotatable bonds is 4. The maximum absolute atomic E-state index is 13.5. The van der Waals surface area contributed by atoms with Gasteiger partial charge in [0.1, 0.15) is 11.6 Å². The molecule has 0 aliphatic rings. The Morgan fingerprint density at radius 1 is 1.41 bits per heavy atom. The van der Waals surface area contributed by atoms with Crippen LogP contribution in [0.1, 0.15) is 22.9 Å². The van der Waals surface area contributed by atoms with Crippen molar-refractivity contribution in [2.45, 2.75) is 19.4 Å². The van der Waals surface area contributed by atoms with E-state index in [9.17, 15) is 4.39 Å². The summed E-state index contributed by atoms with van der Waals surface area (Å²) in [6.45, 7) is 1.73. The van der Waals surface area contributed by atoms with Crippen LogP contribution in [0.5, 0.6) is 0 Å². The summed E-state index contributed by atoms with van der Waals surface area (Å²) in [4.78, 5) is 0. The van der Waals surface area contributed by atoms with Crippen molar-refractivity contribution in [2.75, 3.05) is 0 Å². The fraction of sp³-hybridized carbons (Fsp3) is 0.231. The summed E-state index contributed by atoms with van der Waals surface area (Å²) in [7, 11) is 0. The first-order chi connectivity index (χ1) is 8.20. The first-order valence-corrected chi connectivity index (χ1v) is 5.45. The lowest BCUT2D eigenvalue weighted by Crippen LogP contribution is -2.29. The number of hydrogen-bond acceptors (Lipinski definition) is 3. The molecule has 1 aromatic carbocycles. The largest absolute Gasteiger partial charge is 0.469 e. The van der Waals surface area contributed by atoms with Crippen molar-refractivity contribution < 1.29 is 8.81 Å². The monoisotopic (exact) mass is 234 g/mol. The van der Waals surface area contributed by atoms with Gasteiger partial charge in [-0.2, -0.15) is 0 Å². The molecule has 0 bridgehead atoms. The Morgan fingerprint density at radius 3 is 2.82 bits per heavy atom. The zero-order valence-corrected chi connectivity index (χ0v) is 9.61. The molecule has 4 heteroatoms. The molecule has 3 N–H and O–H groups in total. The van der Waals surface area contributed by atoms with Gasteiger partial charge in [-0.05, 0) is 36.2 Å². The summed E-state index contributed by atoms with van der Waals surface area (Å²) in [6.07, 6.45) is 2.20. The van der Waals surface area contributed by atoms with Gasteiger partial charge in [-0.1, -0.05) is 12.1 Å². The normalized spacial score (nSPS) is 12.6. The molecule has 0 amide bonds. The molecule has 0 spiro atoms. The Labute approximate surface area is 99.4 Å². The van der Waals surface area contributed by atoms with Crippen molar-refractivity contribution in [2.24, 2.45) is 5.84 Å². The fourth-order valence-corrected chi connectivity index (χ4v) is 1.73. The van der Waals surface area contributed by atoms with Gasteiger partial charge in [-0.15, -0.1) is 0 Å². The maximum Gasteiger partial charge on any atom is 0.126 e. The molecule has 0 aliphatic heterocycles. The van der Waals surface area contributed by atoms with Gasteiger partial charge in [0.05, 0.1) is 12.3 Å². The van der Waals surface area contributed by atoms with Crippen molar-refractivity contribution in [3.63, 3.8) is 0 Å². The second-order valence-electron chi connectivity index (χ2n) is 4.01. The van der Waals surface area contributed by atoms with Crippen LogP contribution in [0.3, 0.4) is 0 Å². The van der Waals surface area contributed by atoms with E-state index in [2.05, 4.69) is 5.43 Å². The first-order valence-electron chi connectivity index (χ1n) is 5.45. The van der Waals surface area contributed by atoms with Gasteiger partial charge in [0, 0.05) is 6.42 Å². The number of nitrogens with one attached hydrogen (secondary N) is 1. The summed E-state index contributed by atoms with van der Waals surface area (Å²) < 4.78 is 18.7. The zero-order chi connectivity index (χ0) is 12.3. The van der Waals surface area contributed by atoms with E-state index in [1.54, 1.807) is 19.3 Å². The minimum atomic E-state index is -0.220. The fourth-order valence-electron chi connectivity index (χ4n) is 1.73. The summed E-state index contributed by atoms with van der Waals surface area (Å²) in [5.41, 5.74) is 4.12. The lowest BCUT2D eigenvalue weighted by atomic mass is 10.0. The molecular weight excluding hydrogens is 219 g/mol. The number of benzene rings is 1. The van der Waals surface area contributed by atoms with Crippen molar-refractivity contribution in [1.29, 1.82) is 0 Å². The molecule has 0 radical (unpaired) electrons. The van der Waals surface area contributed by atoms with Crippen LogP contribution in [-0.4, -0.2) is 0 Å². The number of nitrogens with two attached hydrogens (primary N) is 1. The molecule has 2 aromatic rings. The van der Waals surface area contributed by atoms with Crippen LogP contribution in [0.4, 0.5) is 4.39 Å². The second kappa shape index (κ2) is 5.12. The van der Waals surface area contributed by atoms with E-state index in [4.69, 9.17) is 10.3 Å². The highest BCUT2D eigenvalue weighted by atomic mass is 19.1. The number of furan rings is 1. The Kier molecular flexibility index (Phi) is 3.56. The molecular formula is C13H15FN2O. The van der Waals surface area contributed by atoms with Crippen molar-refractivity contribution in [3.8, 4) is 0 Å². The molecule has 17 heavy (non-hydrogen) atoms. The molecule has 1 unspecified atom stereocenters. The minimum Gasteiger partial charge on any atom is -0.469 e. The molecule has 2 rings (SSSR count). The lowest BCUT2D eigenvalue weighted by Gasteiger charge is -2.15. The molecule has 0 fully saturated rings. The van der Waals surface area contributed by atoms with Crippen LogP contribution in [0, 0.1) is 12.7 Å². The first kappa shape index (κ1) is 11.8. The zero-order valence-electron chi connectivity index (χ0n) is 9.61. The van der Waals surface area contributed by atoms with E-state index in [-0.39, 0.29) is 11.9 Å². The van der Waals surface area contributed by atoms with Crippen LogP contribution < -0.4 is 11.3 Å². The average Bonchev–Trinajstić information content (AvgIpc) is 2.82. The number of hydrazine groups is 1. The molecule has 1 atom stereocenters. The predicted molar refractivity (Wildman–Crippen MR) is 63.6 cm³/mol. The van der Waals surface area contributed by atoms with Gasteiger partial charge in [0.25, 0.3) is 0 Å². The third kappa shape index (κ3) is 2.72. The van der Waals surface area contributed by atoms with Gasteiger partial charge in [-0.3, -0.25) is 11.3 Å². The molecule has 3 nitrogen and oxygen atoms in total. The maximum atomic E-state index is 13.5. The van der Waals surface area contributed by atoms with E-state index in [1.807, 2.05) is 18.2 Å². The molecule has 90 valence electrons. The molecule has 0 aliphatic carbocycles. The Balaban J connectivity index is 2.20. The van der Waals surface area contributed by atoms with Crippen LogP contribution in [-0.2, 0) is 6.42 Å². The number of halogens is 1. The summed E-state index contributed by atoms with van der Waals surface area (Å²) in [5, 5.41) is 0. The second-order valence-corrected chi connectivity index (χ2v) is 4.01. The Hall–Kier alpha value is -1.65. The standard InChI is InChI=1S/C13H15FN2O/c1-9-4-5-10(7-12(9)14)13(16-15)8-11-3-2-6-17-11/h2-7,13,16H,8,15H2,1H3. The van der Waals surface area contributed by atoms with Gasteiger partial charge in [-0.25, -0.2) is 4.39 Å². The van der Waals surface area contributed by atoms with E-state index in [0.29, 0.717) is 12.0 Å². The van der Waals surface area contributed by atoms with Crippen molar-refractivity contribution in [3.05, 3.63) is 59.3 Å². The molecule has 1 aromatic heterocycles. The third-order valence-electron chi connectivity index (χ3n) is 2.78. The van der Waals surface area contributed by atoms with Crippen molar-refractivity contribution >= 4 is 0 Å².